The Morgan fingerprint density at radius 2 is 2.12 bits per heavy atom. The van der Waals surface area contributed by atoms with Crippen molar-refractivity contribution in [1.82, 2.24) is 0 Å². The summed E-state index contributed by atoms with van der Waals surface area (Å²) < 4.78 is 0. The molecule has 2 aromatic rings. The predicted molar refractivity (Wildman–Crippen MR) is 70.6 cm³/mol. The maximum atomic E-state index is 12.1. The van der Waals surface area contributed by atoms with Crippen LogP contribution in [0.1, 0.15) is 15.9 Å². The van der Waals surface area contributed by atoms with Gasteiger partial charge in [-0.2, -0.15) is 11.3 Å². The van der Waals surface area contributed by atoms with Crippen LogP contribution in [0, 0.1) is 0 Å². The summed E-state index contributed by atoms with van der Waals surface area (Å²) in [6, 6.07) is 9.78. The molecule has 0 aliphatic rings. The Morgan fingerprint density at radius 3 is 2.81 bits per heavy atom. The van der Waals surface area contributed by atoms with Gasteiger partial charge in [0.05, 0.1) is 0 Å². The van der Waals surface area contributed by atoms with Crippen LogP contribution in [-0.4, -0.2) is 12.0 Å². The molecular formula is C13H12OS2. The molecule has 0 fully saturated rings. The quantitative estimate of drug-likeness (QED) is 0.603. The smallest absolute Gasteiger partial charge is 0.168 e. The minimum absolute atomic E-state index is 0.198. The Hall–Kier alpha value is -1.06. The van der Waals surface area contributed by atoms with Gasteiger partial charge in [-0.15, -0.1) is 11.8 Å². The molecule has 0 N–H and O–H groups in total. The van der Waals surface area contributed by atoms with Gasteiger partial charge in [-0.1, -0.05) is 18.2 Å². The Morgan fingerprint density at radius 1 is 1.31 bits per heavy atom. The van der Waals surface area contributed by atoms with Crippen molar-refractivity contribution in [2.24, 2.45) is 0 Å². The Kier molecular flexibility index (Phi) is 3.80. The van der Waals surface area contributed by atoms with Gasteiger partial charge >= 0.3 is 0 Å². The van der Waals surface area contributed by atoms with Crippen molar-refractivity contribution in [3.05, 3.63) is 52.2 Å². The first-order chi connectivity index (χ1) is 7.81. The number of hydrogen-bond acceptors (Lipinski definition) is 3. The molecule has 0 saturated carbocycles. The largest absolute Gasteiger partial charge is 0.294 e. The summed E-state index contributed by atoms with van der Waals surface area (Å²) in [6.45, 7) is 0. The van der Waals surface area contributed by atoms with E-state index in [-0.39, 0.29) is 5.78 Å². The zero-order valence-corrected chi connectivity index (χ0v) is 10.6. The van der Waals surface area contributed by atoms with E-state index < -0.39 is 0 Å². The van der Waals surface area contributed by atoms with Crippen LogP contribution < -0.4 is 0 Å². The van der Waals surface area contributed by atoms with Crippen LogP contribution >= 0.6 is 23.1 Å². The molecule has 0 aliphatic carbocycles. The molecule has 1 aromatic heterocycles. The maximum absolute atomic E-state index is 12.1. The average molecular weight is 248 g/mol. The summed E-state index contributed by atoms with van der Waals surface area (Å²) in [5.41, 5.74) is 1.94. The third-order valence-corrected chi connectivity index (χ3v) is 3.88. The van der Waals surface area contributed by atoms with Crippen molar-refractivity contribution in [3.63, 3.8) is 0 Å². The highest BCUT2D eigenvalue weighted by Crippen LogP contribution is 2.21. The molecule has 0 aliphatic heterocycles. The number of thiophene rings is 1. The monoisotopic (exact) mass is 248 g/mol. The van der Waals surface area contributed by atoms with Crippen LogP contribution in [0.5, 0.6) is 0 Å². The fraction of sp³-hybridized carbons (Fsp3) is 0.154. The lowest BCUT2D eigenvalue weighted by atomic mass is 10.1. The minimum atomic E-state index is 0.198. The highest BCUT2D eigenvalue weighted by atomic mass is 32.2. The Labute approximate surface area is 104 Å². The van der Waals surface area contributed by atoms with E-state index in [1.54, 1.807) is 23.1 Å². The third-order valence-electron chi connectivity index (χ3n) is 2.35. The van der Waals surface area contributed by atoms with Crippen molar-refractivity contribution >= 4 is 28.9 Å². The molecule has 0 amide bonds. The third kappa shape index (κ3) is 2.54. The molecule has 0 saturated heterocycles. The van der Waals surface area contributed by atoms with Gasteiger partial charge in [0.2, 0.25) is 0 Å². The summed E-state index contributed by atoms with van der Waals surface area (Å²) in [6.07, 6.45) is 2.50. The fourth-order valence-corrected chi connectivity index (χ4v) is 2.83. The first kappa shape index (κ1) is 11.4. The summed E-state index contributed by atoms with van der Waals surface area (Å²) in [4.78, 5) is 13.1. The zero-order valence-electron chi connectivity index (χ0n) is 8.97. The van der Waals surface area contributed by atoms with Gasteiger partial charge in [0, 0.05) is 16.9 Å². The number of carbonyl (C=O) groups is 1. The summed E-state index contributed by atoms with van der Waals surface area (Å²) in [5.74, 6) is 0.198. The number of Topliss-reactive ketones (excluding diaryl/α,β-unsaturated/α-hetero) is 1. The second-order valence-corrected chi connectivity index (χ2v) is 5.06. The fourth-order valence-electron chi connectivity index (χ4n) is 1.55. The lowest BCUT2D eigenvalue weighted by molar-refractivity contribution is 0.0990. The zero-order chi connectivity index (χ0) is 11.4. The first-order valence-corrected chi connectivity index (χ1v) is 7.15. The van der Waals surface area contributed by atoms with Crippen LogP contribution in [0.25, 0.3) is 0 Å². The molecule has 82 valence electrons. The number of ketones is 1. The molecule has 3 heteroatoms. The SMILES string of the molecule is CSc1ccccc1C(=O)Cc1ccsc1. The first-order valence-electron chi connectivity index (χ1n) is 4.98. The molecular weight excluding hydrogens is 236 g/mol. The number of thioether (sulfide) groups is 1. The molecule has 1 aromatic carbocycles. The normalized spacial score (nSPS) is 10.3. The van der Waals surface area contributed by atoms with E-state index in [1.165, 1.54) is 0 Å². The second kappa shape index (κ2) is 5.32. The molecule has 1 heterocycles. The van der Waals surface area contributed by atoms with E-state index in [0.29, 0.717) is 6.42 Å². The van der Waals surface area contributed by atoms with Gasteiger partial charge in [-0.3, -0.25) is 4.79 Å². The molecule has 0 unspecified atom stereocenters. The van der Waals surface area contributed by atoms with Crippen molar-refractivity contribution < 1.29 is 4.79 Å². The van der Waals surface area contributed by atoms with Crippen molar-refractivity contribution in [1.29, 1.82) is 0 Å². The van der Waals surface area contributed by atoms with Gasteiger partial charge in [0.15, 0.2) is 5.78 Å². The van der Waals surface area contributed by atoms with Crippen LogP contribution in [0.2, 0.25) is 0 Å². The second-order valence-electron chi connectivity index (χ2n) is 3.43. The topological polar surface area (TPSA) is 17.1 Å². The molecule has 1 nitrogen and oxygen atoms in total. The highest BCUT2D eigenvalue weighted by Gasteiger charge is 2.10. The summed E-state index contributed by atoms with van der Waals surface area (Å²) in [5, 5.41) is 4.03. The maximum Gasteiger partial charge on any atom is 0.168 e. The molecule has 0 spiro atoms. The van der Waals surface area contributed by atoms with Crippen LogP contribution in [0.15, 0.2) is 46.0 Å². The van der Waals surface area contributed by atoms with Crippen molar-refractivity contribution in [2.45, 2.75) is 11.3 Å². The van der Waals surface area contributed by atoms with Gasteiger partial charge in [0.25, 0.3) is 0 Å². The van der Waals surface area contributed by atoms with Gasteiger partial charge in [0.1, 0.15) is 0 Å². The lowest BCUT2D eigenvalue weighted by Crippen LogP contribution is -2.04. The van der Waals surface area contributed by atoms with E-state index in [1.807, 2.05) is 47.3 Å². The van der Waals surface area contributed by atoms with E-state index in [9.17, 15) is 4.79 Å². The van der Waals surface area contributed by atoms with Crippen LogP contribution in [0.4, 0.5) is 0 Å². The number of rotatable bonds is 4. The van der Waals surface area contributed by atoms with Gasteiger partial charge in [-0.25, -0.2) is 0 Å². The van der Waals surface area contributed by atoms with E-state index in [0.717, 1.165) is 16.0 Å². The van der Waals surface area contributed by atoms with Crippen molar-refractivity contribution in [3.8, 4) is 0 Å². The molecule has 2 rings (SSSR count). The highest BCUT2D eigenvalue weighted by molar-refractivity contribution is 7.98. The standard InChI is InChI=1S/C13H12OS2/c1-15-13-5-3-2-4-11(13)12(14)8-10-6-7-16-9-10/h2-7,9H,8H2,1H3. The number of benzene rings is 1. The molecule has 16 heavy (non-hydrogen) atoms. The molecule has 0 radical (unpaired) electrons. The lowest BCUT2D eigenvalue weighted by Gasteiger charge is -2.04. The summed E-state index contributed by atoms with van der Waals surface area (Å²) in [7, 11) is 0. The van der Waals surface area contributed by atoms with E-state index in [4.69, 9.17) is 0 Å². The van der Waals surface area contributed by atoms with Crippen LogP contribution in [-0.2, 0) is 6.42 Å². The van der Waals surface area contributed by atoms with Gasteiger partial charge < -0.3 is 0 Å². The van der Waals surface area contributed by atoms with Crippen molar-refractivity contribution in [2.75, 3.05) is 6.26 Å². The minimum Gasteiger partial charge on any atom is -0.294 e. The molecule has 0 atom stereocenters. The Balaban J connectivity index is 2.21. The average Bonchev–Trinajstić information content (AvgIpc) is 2.81. The predicted octanol–water partition coefficient (Wildman–Crippen LogP) is 3.90. The van der Waals surface area contributed by atoms with E-state index in [2.05, 4.69) is 0 Å². The van der Waals surface area contributed by atoms with Crippen LogP contribution in [0.3, 0.4) is 0 Å². The number of hydrogen-bond donors (Lipinski definition) is 0. The summed E-state index contributed by atoms with van der Waals surface area (Å²) >= 11 is 3.25. The number of carbonyl (C=O) groups excluding carboxylic acids is 1. The molecule has 0 bridgehead atoms. The van der Waals surface area contributed by atoms with Gasteiger partial charge in [-0.05, 0) is 34.7 Å². The Bertz CT molecular complexity index is 474. The van der Waals surface area contributed by atoms with E-state index >= 15 is 0 Å².